The fourth-order valence-electron chi connectivity index (χ4n) is 7.27. The molecule has 6 heteroatoms. The van der Waals surface area contributed by atoms with Crippen LogP contribution in [0.25, 0.3) is 102 Å². The number of thiophene rings is 2. The number of benzene rings is 7. The summed E-state index contributed by atoms with van der Waals surface area (Å²) in [4.78, 5) is 14.3. The molecule has 0 aliphatic rings. The minimum absolute atomic E-state index is 0.0191. The third kappa shape index (κ3) is 4.47. The standard InChI is InChI=1S/C45H26N4S2/c1-3-11-27(12-4-1)43-46-44(28-13-5-2-6-14-28)48-45(47-43)29-19-21-32-35-26-30(20-23-38(35)51-40(32)25-29)49-36-17-9-7-15-31(36)33-22-24-39-41(42(33)49)34-16-8-10-18-37(34)50-39/h1-26H/i1D,3D,4D,11D,12D. The summed E-state index contributed by atoms with van der Waals surface area (Å²) < 4.78 is 49.1. The molecule has 0 aliphatic heterocycles. The van der Waals surface area contributed by atoms with Crippen LogP contribution in [-0.4, -0.2) is 19.5 Å². The Morgan fingerprint density at radius 2 is 1.12 bits per heavy atom. The highest BCUT2D eigenvalue weighted by atomic mass is 32.1. The fourth-order valence-corrected chi connectivity index (χ4v) is 9.51. The first-order valence-corrected chi connectivity index (χ1v) is 18.2. The SMILES string of the molecule is [2H]c1c([2H])c([2H])c(-c2nc(-c3ccccc3)nc(-c3ccc4c(c3)sc3ccc(-n5c6ccccc6c6ccc7sc8ccccc8c7c65)cc34)n2)c([2H])c1[2H]. The molecule has 0 radical (unpaired) electrons. The summed E-state index contributed by atoms with van der Waals surface area (Å²) in [6, 6.07) is 42.0. The van der Waals surface area contributed by atoms with Gasteiger partial charge < -0.3 is 4.57 Å². The first-order chi connectivity index (χ1) is 27.3. The molecule has 11 rings (SSSR count). The van der Waals surface area contributed by atoms with Gasteiger partial charge in [-0.15, -0.1) is 22.7 Å². The molecule has 0 saturated heterocycles. The van der Waals surface area contributed by atoms with E-state index in [1.165, 1.54) is 36.5 Å². The summed E-state index contributed by atoms with van der Waals surface area (Å²) in [7, 11) is 0. The molecule has 0 N–H and O–H groups in total. The van der Waals surface area contributed by atoms with Crippen molar-refractivity contribution in [2.45, 2.75) is 0 Å². The molecule has 238 valence electrons. The van der Waals surface area contributed by atoms with Crippen LogP contribution in [0.15, 0.2) is 158 Å². The molecule has 0 spiro atoms. The zero-order valence-electron chi connectivity index (χ0n) is 31.7. The summed E-state index contributed by atoms with van der Waals surface area (Å²) in [5.41, 5.74) is 4.84. The van der Waals surface area contributed by atoms with Crippen molar-refractivity contribution in [3.63, 3.8) is 0 Å². The Bertz CT molecular complexity index is 3420. The van der Waals surface area contributed by atoms with Crippen LogP contribution in [-0.2, 0) is 0 Å². The number of hydrogen-bond donors (Lipinski definition) is 0. The number of para-hydroxylation sites is 1. The molecule has 4 heterocycles. The second-order valence-corrected chi connectivity index (χ2v) is 14.6. The van der Waals surface area contributed by atoms with E-state index in [2.05, 4.69) is 101 Å². The Kier molecular flexibility index (Phi) is 5.25. The van der Waals surface area contributed by atoms with Crippen LogP contribution in [0.1, 0.15) is 6.85 Å². The number of fused-ring (bicyclic) bond motifs is 10. The van der Waals surface area contributed by atoms with Crippen molar-refractivity contribution < 1.29 is 6.85 Å². The number of nitrogens with zero attached hydrogens (tertiary/aromatic N) is 4. The Labute approximate surface area is 307 Å². The van der Waals surface area contributed by atoms with E-state index in [4.69, 9.17) is 16.8 Å². The summed E-state index contributed by atoms with van der Waals surface area (Å²) >= 11 is 3.52. The maximum absolute atomic E-state index is 8.65. The van der Waals surface area contributed by atoms with Gasteiger partial charge >= 0.3 is 0 Å². The lowest BCUT2D eigenvalue weighted by atomic mass is 10.1. The lowest BCUT2D eigenvalue weighted by molar-refractivity contribution is 1.07. The monoisotopic (exact) mass is 691 g/mol. The van der Waals surface area contributed by atoms with E-state index in [0.717, 1.165) is 42.5 Å². The van der Waals surface area contributed by atoms with Crippen molar-refractivity contribution in [2.24, 2.45) is 0 Å². The predicted octanol–water partition coefficient (Wildman–Crippen LogP) is 12.7. The first kappa shape index (κ1) is 24.0. The molecule has 0 unspecified atom stereocenters. The van der Waals surface area contributed by atoms with E-state index in [9.17, 15) is 0 Å². The lowest BCUT2D eigenvalue weighted by Gasteiger charge is -2.10. The Morgan fingerprint density at radius 1 is 0.451 bits per heavy atom. The van der Waals surface area contributed by atoms with Gasteiger partial charge in [-0.1, -0.05) is 115 Å². The Morgan fingerprint density at radius 3 is 1.98 bits per heavy atom. The second-order valence-electron chi connectivity index (χ2n) is 12.5. The van der Waals surface area contributed by atoms with Crippen molar-refractivity contribution in [1.82, 2.24) is 19.5 Å². The molecule has 4 nitrogen and oxygen atoms in total. The van der Waals surface area contributed by atoms with Crippen LogP contribution in [0.5, 0.6) is 0 Å². The van der Waals surface area contributed by atoms with Crippen LogP contribution in [0.4, 0.5) is 0 Å². The zero-order valence-corrected chi connectivity index (χ0v) is 28.4. The van der Waals surface area contributed by atoms with Crippen LogP contribution in [0.3, 0.4) is 0 Å². The maximum Gasteiger partial charge on any atom is 0.164 e. The van der Waals surface area contributed by atoms with Gasteiger partial charge in [0.1, 0.15) is 0 Å². The number of aromatic nitrogens is 4. The van der Waals surface area contributed by atoms with E-state index < -0.39 is 18.1 Å². The average molecular weight is 692 g/mol. The van der Waals surface area contributed by atoms with E-state index in [1.807, 2.05) is 47.7 Å². The summed E-state index contributed by atoms with van der Waals surface area (Å²) in [5.74, 6) is 0.709. The number of rotatable bonds is 4. The minimum Gasteiger partial charge on any atom is -0.309 e. The summed E-state index contributed by atoms with van der Waals surface area (Å²) in [5, 5.41) is 7.23. The van der Waals surface area contributed by atoms with Crippen LogP contribution >= 0.6 is 22.7 Å². The maximum atomic E-state index is 8.65. The molecule has 7 aromatic carbocycles. The van der Waals surface area contributed by atoms with Crippen molar-refractivity contribution in [3.8, 4) is 39.9 Å². The molecular weight excluding hydrogens is 661 g/mol. The normalized spacial score (nSPS) is 13.3. The van der Waals surface area contributed by atoms with Gasteiger partial charge in [0, 0.05) is 73.5 Å². The average Bonchev–Trinajstić information content (AvgIpc) is 3.91. The van der Waals surface area contributed by atoms with Crippen molar-refractivity contribution in [3.05, 3.63) is 158 Å². The van der Waals surface area contributed by atoms with E-state index >= 15 is 0 Å². The highest BCUT2D eigenvalue weighted by molar-refractivity contribution is 7.26. The van der Waals surface area contributed by atoms with Crippen LogP contribution in [0, 0.1) is 0 Å². The van der Waals surface area contributed by atoms with Crippen molar-refractivity contribution >= 4 is 84.8 Å². The van der Waals surface area contributed by atoms with E-state index in [0.29, 0.717) is 11.6 Å². The predicted molar refractivity (Wildman–Crippen MR) is 216 cm³/mol. The first-order valence-electron chi connectivity index (χ1n) is 19.0. The third-order valence-corrected chi connectivity index (χ3v) is 11.8. The topological polar surface area (TPSA) is 43.6 Å². The van der Waals surface area contributed by atoms with Crippen LogP contribution in [0.2, 0.25) is 0 Å². The van der Waals surface area contributed by atoms with Gasteiger partial charge in [0.15, 0.2) is 17.5 Å². The van der Waals surface area contributed by atoms with Gasteiger partial charge in [0.25, 0.3) is 0 Å². The largest absolute Gasteiger partial charge is 0.309 e. The second kappa shape index (κ2) is 11.2. The minimum atomic E-state index is -0.467. The zero-order chi connectivity index (χ0) is 37.8. The third-order valence-electron chi connectivity index (χ3n) is 9.54. The van der Waals surface area contributed by atoms with Gasteiger partial charge in [-0.2, -0.15) is 0 Å². The highest BCUT2D eigenvalue weighted by Gasteiger charge is 2.19. The number of hydrogen-bond acceptors (Lipinski definition) is 5. The molecule has 0 amide bonds. The van der Waals surface area contributed by atoms with Crippen molar-refractivity contribution in [1.29, 1.82) is 0 Å². The lowest BCUT2D eigenvalue weighted by Crippen LogP contribution is -1.99. The van der Waals surface area contributed by atoms with Gasteiger partial charge in [-0.05, 0) is 42.5 Å². The molecule has 51 heavy (non-hydrogen) atoms. The van der Waals surface area contributed by atoms with E-state index in [-0.39, 0.29) is 23.5 Å². The fraction of sp³-hybridized carbons (Fsp3) is 0. The molecule has 0 saturated carbocycles. The molecule has 11 aromatic rings. The highest BCUT2D eigenvalue weighted by Crippen LogP contribution is 2.44. The smallest absolute Gasteiger partial charge is 0.164 e. The molecule has 4 aromatic heterocycles. The van der Waals surface area contributed by atoms with Gasteiger partial charge in [0.05, 0.1) is 17.9 Å². The molecule has 0 atom stereocenters. The van der Waals surface area contributed by atoms with Crippen LogP contribution < -0.4 is 0 Å². The molecule has 0 aliphatic carbocycles. The van der Waals surface area contributed by atoms with Crippen molar-refractivity contribution in [2.75, 3.05) is 0 Å². The summed E-state index contributed by atoms with van der Waals surface area (Å²) in [6.45, 7) is 0. The van der Waals surface area contributed by atoms with Gasteiger partial charge in [-0.3, -0.25) is 0 Å². The molecule has 0 bridgehead atoms. The van der Waals surface area contributed by atoms with E-state index in [1.54, 1.807) is 11.3 Å². The summed E-state index contributed by atoms with van der Waals surface area (Å²) in [6.07, 6.45) is 0. The Hall–Kier alpha value is -6.21. The Balaban J connectivity index is 1.10. The van der Waals surface area contributed by atoms with Gasteiger partial charge in [0.2, 0.25) is 0 Å². The molecular formula is C45H26N4S2. The quantitative estimate of drug-likeness (QED) is 0.184. The molecule has 0 fully saturated rings. The van der Waals surface area contributed by atoms with Gasteiger partial charge in [-0.25, -0.2) is 15.0 Å².